The Balaban J connectivity index is 2.97. The van der Waals surface area contributed by atoms with Gasteiger partial charge < -0.3 is 15.5 Å². The highest BCUT2D eigenvalue weighted by atomic mass is 16.7. The van der Waals surface area contributed by atoms with Gasteiger partial charge in [0, 0.05) is 0 Å². The second kappa shape index (κ2) is 5.08. The quantitative estimate of drug-likeness (QED) is 0.361. The van der Waals surface area contributed by atoms with Crippen LogP contribution in [0.5, 0.6) is 0 Å². The van der Waals surface area contributed by atoms with Gasteiger partial charge in [0.1, 0.15) is 6.20 Å². The highest BCUT2D eigenvalue weighted by Crippen LogP contribution is 2.12. The van der Waals surface area contributed by atoms with Gasteiger partial charge >= 0.3 is 11.6 Å². The van der Waals surface area contributed by atoms with Crippen molar-refractivity contribution in [1.29, 1.82) is 0 Å². The molecule has 1 aromatic rings. The molecule has 108 valence electrons. The second-order valence-electron chi connectivity index (χ2n) is 3.28. The maximum absolute atomic E-state index is 10.6. The Bertz CT molecular complexity index is 543. The zero-order chi connectivity index (χ0) is 15.5. The van der Waals surface area contributed by atoms with E-state index in [-0.39, 0.29) is 0 Å². The van der Waals surface area contributed by atoms with E-state index in [2.05, 4.69) is 4.98 Å². The molecule has 15 nitrogen and oxygen atoms in total. The highest BCUT2D eigenvalue weighted by molar-refractivity contribution is 5.13. The van der Waals surface area contributed by atoms with E-state index in [1.165, 1.54) is 0 Å². The fraction of sp³-hybridized carbons (Fsp3) is 0.400. The molecule has 1 heterocycles. The average molecular weight is 291 g/mol. The standard InChI is InChI=1S/C5H5N7O8/c13-9(14)4-1-8(3-6-4)7-2-5(10(15)16,11(17)18)12(19)20/h1,3,7H,2H2. The van der Waals surface area contributed by atoms with Gasteiger partial charge in [0.05, 0.1) is 0 Å². The van der Waals surface area contributed by atoms with Crippen LogP contribution in [0.2, 0.25) is 0 Å². The van der Waals surface area contributed by atoms with E-state index in [4.69, 9.17) is 0 Å². The minimum atomic E-state index is -3.71. The summed E-state index contributed by atoms with van der Waals surface area (Å²) < 4.78 is 0.670. The molecule has 0 amide bonds. The molecule has 0 saturated heterocycles. The predicted octanol–water partition coefficient (Wildman–Crippen LogP) is -1.18. The van der Waals surface area contributed by atoms with E-state index >= 15 is 0 Å². The van der Waals surface area contributed by atoms with E-state index in [9.17, 15) is 40.5 Å². The number of hydrogen-bond donors (Lipinski definition) is 1. The largest absolute Gasteiger partial charge is 0.718 e. The van der Waals surface area contributed by atoms with Crippen molar-refractivity contribution in [2.75, 3.05) is 12.0 Å². The molecule has 0 spiro atoms. The lowest BCUT2D eigenvalue weighted by Crippen LogP contribution is -2.58. The van der Waals surface area contributed by atoms with Crippen LogP contribution in [0.1, 0.15) is 0 Å². The highest BCUT2D eigenvalue weighted by Gasteiger charge is 2.70. The maximum Gasteiger partial charge on any atom is 0.718 e. The zero-order valence-electron chi connectivity index (χ0n) is 9.31. The molecule has 0 aromatic carbocycles. The molecule has 0 aliphatic carbocycles. The van der Waals surface area contributed by atoms with Crippen LogP contribution in [-0.4, -0.2) is 41.7 Å². The maximum atomic E-state index is 10.6. The molecule has 0 aliphatic rings. The summed E-state index contributed by atoms with van der Waals surface area (Å²) in [6.45, 7) is -1.34. The molecule has 0 bridgehead atoms. The van der Waals surface area contributed by atoms with Crippen molar-refractivity contribution in [3.05, 3.63) is 53.0 Å². The van der Waals surface area contributed by atoms with Gasteiger partial charge in [0.15, 0.2) is 14.8 Å². The van der Waals surface area contributed by atoms with Gasteiger partial charge in [-0.1, -0.05) is 0 Å². The number of aromatic nitrogens is 2. The molecular weight excluding hydrogens is 286 g/mol. The Labute approximate surface area is 107 Å². The Kier molecular flexibility index (Phi) is 3.73. The van der Waals surface area contributed by atoms with Crippen LogP contribution in [0.25, 0.3) is 0 Å². The molecule has 0 saturated carbocycles. The lowest BCUT2D eigenvalue weighted by Gasteiger charge is -2.10. The molecule has 0 unspecified atom stereocenters. The van der Waals surface area contributed by atoms with Crippen molar-refractivity contribution < 1.29 is 19.7 Å². The summed E-state index contributed by atoms with van der Waals surface area (Å²) in [4.78, 5) is 39.4. The van der Waals surface area contributed by atoms with Gasteiger partial charge in [-0.15, -0.1) is 0 Å². The fourth-order valence-corrected chi connectivity index (χ4v) is 1.08. The number of nitrogens with zero attached hydrogens (tertiary/aromatic N) is 6. The number of nitro groups is 4. The predicted molar refractivity (Wildman–Crippen MR) is 56.8 cm³/mol. The third kappa shape index (κ3) is 2.40. The third-order valence-electron chi connectivity index (χ3n) is 2.13. The minimum Gasteiger partial charge on any atom is -0.358 e. The van der Waals surface area contributed by atoms with Crippen molar-refractivity contribution in [1.82, 2.24) is 9.66 Å². The zero-order valence-corrected chi connectivity index (χ0v) is 9.31. The average Bonchev–Trinajstić information content (AvgIpc) is 2.77. The van der Waals surface area contributed by atoms with Gasteiger partial charge in [-0.2, -0.15) is 0 Å². The van der Waals surface area contributed by atoms with Gasteiger partial charge in [-0.05, 0) is 9.91 Å². The van der Waals surface area contributed by atoms with Crippen molar-refractivity contribution in [2.24, 2.45) is 0 Å². The van der Waals surface area contributed by atoms with E-state index in [0.717, 1.165) is 12.5 Å². The number of rotatable bonds is 7. The number of imidazole rings is 1. The Hall–Kier alpha value is -3.39. The lowest BCUT2D eigenvalue weighted by atomic mass is 10.4. The van der Waals surface area contributed by atoms with Crippen LogP contribution < -0.4 is 5.43 Å². The molecule has 15 heteroatoms. The summed E-state index contributed by atoms with van der Waals surface area (Å²) in [5.41, 5.74) is 1.93. The van der Waals surface area contributed by atoms with Crippen LogP contribution in [0, 0.1) is 40.5 Å². The smallest absolute Gasteiger partial charge is 0.358 e. The monoisotopic (exact) mass is 291 g/mol. The first-order chi connectivity index (χ1) is 9.21. The normalized spacial score (nSPS) is 10.8. The van der Waals surface area contributed by atoms with Gasteiger partial charge in [0.25, 0.3) is 6.54 Å². The van der Waals surface area contributed by atoms with Crippen molar-refractivity contribution in [3.8, 4) is 0 Å². The summed E-state index contributed by atoms with van der Waals surface area (Å²) in [5, 5.41) is 42.1. The summed E-state index contributed by atoms with van der Waals surface area (Å²) >= 11 is 0. The first kappa shape index (κ1) is 14.7. The Morgan fingerprint density at radius 2 is 1.60 bits per heavy atom. The summed E-state index contributed by atoms with van der Waals surface area (Å²) in [6, 6.07) is 0. The summed E-state index contributed by atoms with van der Waals surface area (Å²) in [7, 11) is 0. The molecule has 0 aliphatic heterocycles. The van der Waals surface area contributed by atoms with Crippen LogP contribution >= 0.6 is 0 Å². The van der Waals surface area contributed by atoms with Crippen LogP contribution in [0.4, 0.5) is 5.82 Å². The molecule has 1 aromatic heterocycles. The van der Waals surface area contributed by atoms with Crippen LogP contribution in [-0.2, 0) is 0 Å². The lowest BCUT2D eigenvalue weighted by molar-refractivity contribution is -0.965. The molecule has 0 fully saturated rings. The van der Waals surface area contributed by atoms with Crippen LogP contribution in [0.3, 0.4) is 0 Å². The molecule has 1 N–H and O–H groups in total. The van der Waals surface area contributed by atoms with Gasteiger partial charge in [-0.25, -0.2) is 4.68 Å². The van der Waals surface area contributed by atoms with Gasteiger partial charge in [0.2, 0.25) is 6.33 Å². The van der Waals surface area contributed by atoms with E-state index in [1.54, 1.807) is 0 Å². The van der Waals surface area contributed by atoms with Crippen molar-refractivity contribution in [3.63, 3.8) is 0 Å². The van der Waals surface area contributed by atoms with E-state index < -0.39 is 37.8 Å². The SMILES string of the molecule is O=[N+]([O-])c1cn(NCC([N+](=O)[O-])([N+](=O)[O-])[N+](=O)[O-])cn1. The summed E-state index contributed by atoms with van der Waals surface area (Å²) in [5.74, 6) is -4.36. The third-order valence-corrected chi connectivity index (χ3v) is 2.13. The molecule has 1 rings (SSSR count). The van der Waals surface area contributed by atoms with E-state index in [1.807, 2.05) is 5.43 Å². The van der Waals surface area contributed by atoms with Crippen molar-refractivity contribution >= 4 is 5.82 Å². The topological polar surface area (TPSA) is 202 Å². The molecule has 0 radical (unpaired) electrons. The van der Waals surface area contributed by atoms with Gasteiger partial charge in [-0.3, -0.25) is 30.3 Å². The second-order valence-corrected chi connectivity index (χ2v) is 3.28. The van der Waals surface area contributed by atoms with Crippen LogP contribution in [0.15, 0.2) is 12.5 Å². The number of nitrogens with one attached hydrogen (secondary N) is 1. The summed E-state index contributed by atoms with van der Waals surface area (Å²) in [6.07, 6.45) is 1.52. The number of hydrogen-bond acceptors (Lipinski definition) is 10. The Morgan fingerprint density at radius 1 is 1.10 bits per heavy atom. The molecular formula is C5H5N7O8. The first-order valence-corrected chi connectivity index (χ1v) is 4.57. The van der Waals surface area contributed by atoms with Crippen molar-refractivity contribution in [2.45, 2.75) is 5.79 Å². The minimum absolute atomic E-state index is 0.647. The Morgan fingerprint density at radius 3 is 1.95 bits per heavy atom. The molecule has 0 atom stereocenters. The van der Waals surface area contributed by atoms with E-state index in [0.29, 0.717) is 4.68 Å². The molecule has 20 heavy (non-hydrogen) atoms. The first-order valence-electron chi connectivity index (χ1n) is 4.57. The fourth-order valence-electron chi connectivity index (χ4n) is 1.08.